The van der Waals surface area contributed by atoms with Crippen LogP contribution in [0.3, 0.4) is 0 Å². The van der Waals surface area contributed by atoms with Crippen molar-refractivity contribution in [3.8, 4) is 0 Å². The van der Waals surface area contributed by atoms with Crippen molar-refractivity contribution in [2.75, 3.05) is 13.1 Å². The molecule has 0 radical (unpaired) electrons. The summed E-state index contributed by atoms with van der Waals surface area (Å²) in [6, 6.07) is -0.206. The molecule has 2 rings (SSSR count). The SMILES string of the molecule is O=C(O)C1NCCC2CCNC21. The fraction of sp³-hybridized carbons (Fsp3) is 0.875. The van der Waals surface area contributed by atoms with Crippen LogP contribution in [0.4, 0.5) is 0 Å². The lowest BCUT2D eigenvalue weighted by Gasteiger charge is -2.31. The summed E-state index contributed by atoms with van der Waals surface area (Å²) in [6.07, 6.45) is 2.25. The minimum atomic E-state index is -0.723. The van der Waals surface area contributed by atoms with Crippen molar-refractivity contribution in [2.45, 2.75) is 24.9 Å². The predicted molar refractivity (Wildman–Crippen MR) is 43.9 cm³/mol. The molecule has 2 heterocycles. The zero-order chi connectivity index (χ0) is 8.55. The average molecular weight is 170 g/mol. The molecule has 0 aliphatic carbocycles. The summed E-state index contributed by atoms with van der Waals surface area (Å²) < 4.78 is 0. The zero-order valence-corrected chi connectivity index (χ0v) is 6.92. The van der Waals surface area contributed by atoms with E-state index < -0.39 is 5.97 Å². The molecule has 4 nitrogen and oxygen atoms in total. The number of nitrogens with one attached hydrogen (secondary N) is 2. The minimum Gasteiger partial charge on any atom is -0.480 e. The lowest BCUT2D eigenvalue weighted by Crippen LogP contribution is -2.56. The zero-order valence-electron chi connectivity index (χ0n) is 6.92. The molecule has 2 aliphatic rings. The van der Waals surface area contributed by atoms with Gasteiger partial charge in [0.05, 0.1) is 0 Å². The Morgan fingerprint density at radius 2 is 1.92 bits per heavy atom. The van der Waals surface area contributed by atoms with E-state index in [1.807, 2.05) is 0 Å². The van der Waals surface area contributed by atoms with Crippen LogP contribution >= 0.6 is 0 Å². The number of rotatable bonds is 1. The standard InChI is InChI=1S/C8H14N2O2/c11-8(12)7-6-5(1-3-9-6)2-4-10-7/h5-7,9-10H,1-4H2,(H,11,12). The van der Waals surface area contributed by atoms with Gasteiger partial charge >= 0.3 is 5.97 Å². The Kier molecular flexibility index (Phi) is 2.02. The summed E-state index contributed by atoms with van der Waals surface area (Å²) in [4.78, 5) is 10.8. The molecule has 0 bridgehead atoms. The quantitative estimate of drug-likeness (QED) is 0.492. The van der Waals surface area contributed by atoms with Crippen LogP contribution in [-0.2, 0) is 4.79 Å². The van der Waals surface area contributed by atoms with Crippen LogP contribution in [0.1, 0.15) is 12.8 Å². The van der Waals surface area contributed by atoms with Crippen LogP contribution in [0.2, 0.25) is 0 Å². The van der Waals surface area contributed by atoms with E-state index in [1.165, 1.54) is 0 Å². The highest BCUT2D eigenvalue weighted by atomic mass is 16.4. The number of carboxylic acid groups (broad SMARTS) is 1. The van der Waals surface area contributed by atoms with Crippen LogP contribution in [0.15, 0.2) is 0 Å². The largest absolute Gasteiger partial charge is 0.480 e. The van der Waals surface area contributed by atoms with Crippen molar-refractivity contribution in [3.05, 3.63) is 0 Å². The summed E-state index contributed by atoms with van der Waals surface area (Å²) in [5.41, 5.74) is 0. The first-order valence-electron chi connectivity index (χ1n) is 4.48. The molecule has 0 aromatic rings. The van der Waals surface area contributed by atoms with E-state index in [1.54, 1.807) is 0 Å². The molecule has 68 valence electrons. The monoisotopic (exact) mass is 170 g/mol. The highest BCUT2D eigenvalue weighted by Crippen LogP contribution is 2.24. The van der Waals surface area contributed by atoms with Crippen molar-refractivity contribution in [2.24, 2.45) is 5.92 Å². The topological polar surface area (TPSA) is 61.4 Å². The van der Waals surface area contributed by atoms with Crippen molar-refractivity contribution >= 4 is 5.97 Å². The Hall–Kier alpha value is -0.610. The summed E-state index contributed by atoms with van der Waals surface area (Å²) >= 11 is 0. The Morgan fingerprint density at radius 3 is 2.58 bits per heavy atom. The summed E-state index contributed by atoms with van der Waals surface area (Å²) in [6.45, 7) is 1.82. The number of piperidine rings is 1. The second kappa shape index (κ2) is 3.03. The van der Waals surface area contributed by atoms with E-state index in [2.05, 4.69) is 10.6 Å². The van der Waals surface area contributed by atoms with Crippen LogP contribution in [0.25, 0.3) is 0 Å². The lowest BCUT2D eigenvalue weighted by molar-refractivity contribution is -0.141. The molecular weight excluding hydrogens is 156 g/mol. The van der Waals surface area contributed by atoms with Gasteiger partial charge in [-0.3, -0.25) is 4.79 Å². The number of carboxylic acids is 1. The highest BCUT2D eigenvalue weighted by Gasteiger charge is 2.39. The number of fused-ring (bicyclic) bond motifs is 1. The van der Waals surface area contributed by atoms with Crippen LogP contribution in [0, 0.1) is 5.92 Å². The van der Waals surface area contributed by atoms with Gasteiger partial charge in [-0.15, -0.1) is 0 Å². The van der Waals surface area contributed by atoms with Gasteiger partial charge in [0.15, 0.2) is 0 Å². The fourth-order valence-electron chi connectivity index (χ4n) is 2.29. The second-order valence-corrected chi connectivity index (χ2v) is 3.59. The van der Waals surface area contributed by atoms with Gasteiger partial charge in [0.2, 0.25) is 0 Å². The molecule has 3 unspecified atom stereocenters. The average Bonchev–Trinajstić information content (AvgIpc) is 2.49. The van der Waals surface area contributed by atoms with Crippen LogP contribution in [0.5, 0.6) is 0 Å². The third kappa shape index (κ3) is 1.21. The van der Waals surface area contributed by atoms with E-state index >= 15 is 0 Å². The molecule has 0 spiro atoms. The number of hydrogen-bond acceptors (Lipinski definition) is 3. The normalized spacial score (nSPS) is 40.8. The third-order valence-corrected chi connectivity index (χ3v) is 2.91. The molecule has 0 amide bonds. The van der Waals surface area contributed by atoms with E-state index in [-0.39, 0.29) is 12.1 Å². The van der Waals surface area contributed by atoms with Gasteiger partial charge < -0.3 is 15.7 Å². The van der Waals surface area contributed by atoms with E-state index in [4.69, 9.17) is 5.11 Å². The highest BCUT2D eigenvalue weighted by molar-refractivity contribution is 5.74. The summed E-state index contributed by atoms with van der Waals surface area (Å²) in [5, 5.41) is 15.2. The van der Waals surface area contributed by atoms with Gasteiger partial charge in [-0.05, 0) is 31.8 Å². The number of aliphatic carboxylic acids is 1. The van der Waals surface area contributed by atoms with Gasteiger partial charge in [-0.2, -0.15) is 0 Å². The molecule has 3 N–H and O–H groups in total. The Bertz CT molecular complexity index is 195. The molecule has 0 saturated carbocycles. The predicted octanol–water partition coefficient (Wildman–Crippen LogP) is -0.589. The van der Waals surface area contributed by atoms with Crippen molar-refractivity contribution in [1.82, 2.24) is 10.6 Å². The Labute approximate surface area is 71.3 Å². The first-order chi connectivity index (χ1) is 5.79. The van der Waals surface area contributed by atoms with Gasteiger partial charge in [0, 0.05) is 6.04 Å². The maximum atomic E-state index is 10.8. The maximum absolute atomic E-state index is 10.8. The van der Waals surface area contributed by atoms with Crippen molar-refractivity contribution in [1.29, 1.82) is 0 Å². The molecule has 0 aromatic carbocycles. The molecule has 3 atom stereocenters. The Morgan fingerprint density at radius 1 is 1.25 bits per heavy atom. The molecular formula is C8H14N2O2. The molecule has 2 fully saturated rings. The summed E-state index contributed by atoms with van der Waals surface area (Å²) in [7, 11) is 0. The van der Waals surface area contributed by atoms with Crippen molar-refractivity contribution < 1.29 is 9.90 Å². The van der Waals surface area contributed by atoms with Crippen molar-refractivity contribution in [3.63, 3.8) is 0 Å². The first-order valence-corrected chi connectivity index (χ1v) is 4.48. The molecule has 2 aliphatic heterocycles. The van der Waals surface area contributed by atoms with E-state index in [9.17, 15) is 4.79 Å². The second-order valence-electron chi connectivity index (χ2n) is 3.59. The fourth-order valence-corrected chi connectivity index (χ4v) is 2.29. The molecule has 2 saturated heterocycles. The minimum absolute atomic E-state index is 0.163. The number of carbonyl (C=O) groups is 1. The Balaban J connectivity index is 2.08. The number of hydrogen-bond donors (Lipinski definition) is 3. The maximum Gasteiger partial charge on any atom is 0.322 e. The van der Waals surface area contributed by atoms with Crippen LogP contribution in [-0.4, -0.2) is 36.2 Å². The van der Waals surface area contributed by atoms with Gasteiger partial charge in [-0.25, -0.2) is 0 Å². The van der Waals surface area contributed by atoms with Crippen LogP contribution < -0.4 is 10.6 Å². The van der Waals surface area contributed by atoms with E-state index in [0.717, 1.165) is 25.9 Å². The smallest absolute Gasteiger partial charge is 0.322 e. The molecule has 0 aromatic heterocycles. The van der Waals surface area contributed by atoms with E-state index in [0.29, 0.717) is 5.92 Å². The first kappa shape index (κ1) is 8.01. The third-order valence-electron chi connectivity index (χ3n) is 2.91. The van der Waals surface area contributed by atoms with Gasteiger partial charge in [-0.1, -0.05) is 0 Å². The molecule has 4 heteroatoms. The van der Waals surface area contributed by atoms with Gasteiger partial charge in [0.25, 0.3) is 0 Å². The molecule has 12 heavy (non-hydrogen) atoms. The summed E-state index contributed by atoms with van der Waals surface area (Å²) in [5.74, 6) is -0.147. The van der Waals surface area contributed by atoms with Gasteiger partial charge in [0.1, 0.15) is 6.04 Å². The lowest BCUT2D eigenvalue weighted by atomic mass is 9.88.